The highest BCUT2D eigenvalue weighted by Crippen LogP contribution is 2.22. The monoisotopic (exact) mass is 227 g/mol. The van der Waals surface area contributed by atoms with Gasteiger partial charge in [0.1, 0.15) is 5.52 Å². The summed E-state index contributed by atoms with van der Waals surface area (Å²) in [6.45, 7) is 2.18. The highest BCUT2D eigenvalue weighted by atomic mass is 15.0. The normalized spacial score (nSPS) is 16.5. The molecule has 2 nitrogen and oxygen atoms in total. The van der Waals surface area contributed by atoms with E-state index in [0.717, 1.165) is 5.82 Å². The Hall–Kier alpha value is -1.57. The van der Waals surface area contributed by atoms with Gasteiger partial charge in [-0.1, -0.05) is 18.2 Å². The number of hydrogen-bond donors (Lipinski definition) is 1. The number of aromatic amines is 1. The number of anilines is 1. The number of aromatic nitrogens is 1. The van der Waals surface area contributed by atoms with Gasteiger partial charge in [-0.25, -0.2) is 4.98 Å². The highest BCUT2D eigenvalue weighted by Gasteiger charge is 2.19. The molecule has 1 aliphatic carbocycles. The molecule has 0 unspecified atom stereocenters. The van der Waals surface area contributed by atoms with Crippen molar-refractivity contribution in [3.63, 3.8) is 0 Å². The van der Waals surface area contributed by atoms with Crippen LogP contribution in [0.15, 0.2) is 30.3 Å². The minimum atomic E-state index is 0.659. The minimum Gasteiger partial charge on any atom is -0.272 e. The number of H-pyrrole nitrogens is 1. The minimum absolute atomic E-state index is 0.659. The molecular weight excluding hydrogens is 208 g/mol. The number of hydrogen-bond acceptors (Lipinski definition) is 1. The maximum atomic E-state index is 3.62. The molecule has 1 saturated carbocycles. The molecule has 88 valence electrons. The van der Waals surface area contributed by atoms with Crippen LogP contribution in [0, 0.1) is 6.92 Å². The molecule has 1 aliphatic rings. The van der Waals surface area contributed by atoms with Gasteiger partial charge in [0.05, 0.1) is 6.04 Å². The first-order valence-corrected chi connectivity index (χ1v) is 6.51. The van der Waals surface area contributed by atoms with Crippen LogP contribution in [0.5, 0.6) is 0 Å². The van der Waals surface area contributed by atoms with Crippen molar-refractivity contribution < 1.29 is 4.98 Å². The van der Waals surface area contributed by atoms with Gasteiger partial charge in [-0.15, -0.1) is 0 Å². The fourth-order valence-electron chi connectivity index (χ4n) is 2.78. The van der Waals surface area contributed by atoms with Crippen LogP contribution in [0.1, 0.15) is 31.2 Å². The fraction of sp³-hybridized carbons (Fsp3) is 0.400. The predicted molar refractivity (Wildman–Crippen MR) is 71.1 cm³/mol. The SMILES string of the molecule is Cc1cc(NC2CCCC2)[nH+]c2ccccc12. The van der Waals surface area contributed by atoms with Gasteiger partial charge in [0.15, 0.2) is 0 Å². The van der Waals surface area contributed by atoms with Gasteiger partial charge < -0.3 is 0 Å². The van der Waals surface area contributed by atoms with E-state index in [1.807, 2.05) is 0 Å². The molecule has 3 rings (SSSR count). The molecule has 0 radical (unpaired) electrons. The Morgan fingerprint density at radius 1 is 1.18 bits per heavy atom. The number of rotatable bonds is 2. The zero-order valence-electron chi connectivity index (χ0n) is 10.3. The molecule has 2 N–H and O–H groups in total. The Bertz CT molecular complexity index is 527. The first kappa shape index (κ1) is 10.6. The molecule has 0 bridgehead atoms. The third kappa shape index (κ3) is 2.12. The molecule has 2 heteroatoms. The van der Waals surface area contributed by atoms with Gasteiger partial charge in [0, 0.05) is 11.5 Å². The first-order chi connectivity index (χ1) is 8.33. The molecule has 0 atom stereocenters. The number of fused-ring (bicyclic) bond motifs is 1. The van der Waals surface area contributed by atoms with Crippen LogP contribution in [0.4, 0.5) is 5.82 Å². The van der Waals surface area contributed by atoms with Gasteiger partial charge in [0.2, 0.25) is 0 Å². The average molecular weight is 227 g/mol. The zero-order valence-corrected chi connectivity index (χ0v) is 10.3. The van der Waals surface area contributed by atoms with Crippen molar-refractivity contribution in [2.75, 3.05) is 5.32 Å². The largest absolute Gasteiger partial charge is 0.273 e. The molecule has 0 spiro atoms. The Kier molecular flexibility index (Phi) is 2.71. The van der Waals surface area contributed by atoms with Crippen LogP contribution in [-0.4, -0.2) is 6.04 Å². The van der Waals surface area contributed by atoms with Gasteiger partial charge in [0.25, 0.3) is 5.82 Å². The molecule has 1 fully saturated rings. The maximum absolute atomic E-state index is 3.62. The van der Waals surface area contributed by atoms with E-state index in [-0.39, 0.29) is 0 Å². The molecule has 2 aromatic rings. The van der Waals surface area contributed by atoms with Gasteiger partial charge in [-0.2, -0.15) is 0 Å². The lowest BCUT2D eigenvalue weighted by molar-refractivity contribution is -0.327. The van der Waals surface area contributed by atoms with Crippen molar-refractivity contribution >= 4 is 16.7 Å². The van der Waals surface area contributed by atoms with E-state index in [2.05, 4.69) is 47.6 Å². The molecule has 1 aromatic heterocycles. The molecular formula is C15H19N2+. The third-order valence-corrected chi connectivity index (χ3v) is 3.70. The number of para-hydroxylation sites is 1. The van der Waals surface area contributed by atoms with Crippen LogP contribution in [0.2, 0.25) is 0 Å². The quantitative estimate of drug-likeness (QED) is 0.837. The Balaban J connectivity index is 1.94. The van der Waals surface area contributed by atoms with Gasteiger partial charge >= 0.3 is 0 Å². The fourth-order valence-corrected chi connectivity index (χ4v) is 2.78. The van der Waals surface area contributed by atoms with Crippen LogP contribution < -0.4 is 10.3 Å². The topological polar surface area (TPSA) is 26.2 Å². The number of aryl methyl sites for hydroxylation is 1. The molecule has 1 heterocycles. The summed E-state index contributed by atoms with van der Waals surface area (Å²) in [5, 5.41) is 4.93. The number of benzene rings is 1. The standard InChI is InChI=1S/C15H18N2/c1-11-10-15(16-12-6-2-3-7-12)17-14-9-5-4-8-13(11)14/h4-5,8-10,12H,2-3,6-7H2,1H3,(H,16,17)/p+1. The van der Waals surface area contributed by atoms with E-state index in [1.165, 1.54) is 42.1 Å². The van der Waals surface area contributed by atoms with E-state index < -0.39 is 0 Å². The van der Waals surface area contributed by atoms with Crippen molar-refractivity contribution in [1.29, 1.82) is 0 Å². The van der Waals surface area contributed by atoms with Crippen LogP contribution in [-0.2, 0) is 0 Å². The summed E-state index contributed by atoms with van der Waals surface area (Å²) in [6, 6.07) is 11.4. The highest BCUT2D eigenvalue weighted by molar-refractivity contribution is 5.80. The zero-order chi connectivity index (χ0) is 11.7. The summed E-state index contributed by atoms with van der Waals surface area (Å²) < 4.78 is 0. The molecule has 1 aromatic carbocycles. The first-order valence-electron chi connectivity index (χ1n) is 6.51. The summed E-state index contributed by atoms with van der Waals surface area (Å²) in [4.78, 5) is 3.48. The summed E-state index contributed by atoms with van der Waals surface area (Å²) in [5.41, 5.74) is 2.55. The lowest BCUT2D eigenvalue weighted by atomic mass is 10.1. The van der Waals surface area contributed by atoms with E-state index in [9.17, 15) is 0 Å². The molecule has 17 heavy (non-hydrogen) atoms. The van der Waals surface area contributed by atoms with Crippen molar-refractivity contribution in [3.05, 3.63) is 35.9 Å². The third-order valence-electron chi connectivity index (χ3n) is 3.70. The second kappa shape index (κ2) is 4.36. The smallest absolute Gasteiger partial charge is 0.272 e. The van der Waals surface area contributed by atoms with Crippen LogP contribution in [0.25, 0.3) is 10.9 Å². The lowest BCUT2D eigenvalue weighted by Crippen LogP contribution is -2.22. The lowest BCUT2D eigenvalue weighted by Gasteiger charge is -2.08. The molecule has 0 saturated heterocycles. The number of nitrogens with one attached hydrogen (secondary N) is 2. The maximum Gasteiger partial charge on any atom is 0.273 e. The second-order valence-corrected chi connectivity index (χ2v) is 5.04. The Morgan fingerprint density at radius 2 is 1.94 bits per heavy atom. The van der Waals surface area contributed by atoms with Crippen molar-refractivity contribution in [2.45, 2.75) is 38.6 Å². The van der Waals surface area contributed by atoms with E-state index in [4.69, 9.17) is 0 Å². The van der Waals surface area contributed by atoms with Crippen molar-refractivity contribution in [1.82, 2.24) is 0 Å². The average Bonchev–Trinajstić information content (AvgIpc) is 2.82. The van der Waals surface area contributed by atoms with Crippen molar-refractivity contribution in [3.8, 4) is 0 Å². The second-order valence-electron chi connectivity index (χ2n) is 5.04. The molecule has 0 amide bonds. The Labute approximate surface area is 102 Å². The number of pyridine rings is 1. The summed E-state index contributed by atoms with van der Waals surface area (Å²) >= 11 is 0. The Morgan fingerprint density at radius 3 is 2.76 bits per heavy atom. The summed E-state index contributed by atoms with van der Waals surface area (Å²) in [5.74, 6) is 1.16. The van der Waals surface area contributed by atoms with Crippen LogP contribution in [0.3, 0.4) is 0 Å². The van der Waals surface area contributed by atoms with E-state index in [1.54, 1.807) is 0 Å². The van der Waals surface area contributed by atoms with Gasteiger partial charge in [-0.05, 0) is 44.2 Å². The van der Waals surface area contributed by atoms with Crippen molar-refractivity contribution in [2.24, 2.45) is 0 Å². The van der Waals surface area contributed by atoms with E-state index in [0.29, 0.717) is 6.04 Å². The predicted octanol–water partition coefficient (Wildman–Crippen LogP) is 3.32. The van der Waals surface area contributed by atoms with Gasteiger partial charge in [-0.3, -0.25) is 5.32 Å². The molecule has 0 aliphatic heterocycles. The van der Waals surface area contributed by atoms with Crippen LogP contribution >= 0.6 is 0 Å². The summed E-state index contributed by atoms with van der Waals surface area (Å²) in [7, 11) is 0. The summed E-state index contributed by atoms with van der Waals surface area (Å²) in [6.07, 6.45) is 5.34. The van der Waals surface area contributed by atoms with E-state index >= 15 is 0 Å².